The van der Waals surface area contributed by atoms with Gasteiger partial charge in [-0.15, -0.1) is 0 Å². The fourth-order valence-corrected chi connectivity index (χ4v) is 3.01. The number of likely N-dealkylation sites (tertiary alicyclic amines) is 1. The maximum Gasteiger partial charge on any atom is 0.251 e. The van der Waals surface area contributed by atoms with Crippen molar-refractivity contribution in [3.05, 3.63) is 34.3 Å². The highest BCUT2D eigenvalue weighted by Crippen LogP contribution is 2.31. The Hall–Kier alpha value is -0.870. The standard InChI is InChI=1S/C15H19BrN2O/c16-13-3-1-12(2-4-13)15(19)17-9-11-7-8-18(10-11)14-5-6-14/h1-4,11,14H,5-10H2,(H,17,19)/t11-/m1/s1. The molecule has 19 heavy (non-hydrogen) atoms. The van der Waals surface area contributed by atoms with E-state index in [1.165, 1.54) is 25.8 Å². The summed E-state index contributed by atoms with van der Waals surface area (Å²) in [5.74, 6) is 0.664. The van der Waals surface area contributed by atoms with Gasteiger partial charge in [-0.3, -0.25) is 4.79 Å². The van der Waals surface area contributed by atoms with Crippen LogP contribution in [0.2, 0.25) is 0 Å². The molecule has 1 amide bonds. The van der Waals surface area contributed by atoms with Crippen molar-refractivity contribution in [2.75, 3.05) is 19.6 Å². The minimum Gasteiger partial charge on any atom is -0.352 e. The molecule has 3 rings (SSSR count). The van der Waals surface area contributed by atoms with Gasteiger partial charge in [0, 0.05) is 29.2 Å². The van der Waals surface area contributed by atoms with Crippen molar-refractivity contribution in [2.45, 2.75) is 25.3 Å². The van der Waals surface area contributed by atoms with Gasteiger partial charge in [0.25, 0.3) is 5.91 Å². The highest BCUT2D eigenvalue weighted by atomic mass is 79.9. The summed E-state index contributed by atoms with van der Waals surface area (Å²) in [5.41, 5.74) is 0.736. The summed E-state index contributed by atoms with van der Waals surface area (Å²) in [7, 11) is 0. The Morgan fingerprint density at radius 1 is 1.26 bits per heavy atom. The van der Waals surface area contributed by atoms with Crippen LogP contribution < -0.4 is 5.32 Å². The normalized spacial score (nSPS) is 23.5. The Bertz CT molecular complexity index is 456. The molecule has 1 aliphatic heterocycles. The van der Waals surface area contributed by atoms with Gasteiger partial charge in [0.05, 0.1) is 0 Å². The predicted octanol–water partition coefficient (Wildman–Crippen LogP) is 2.66. The molecular formula is C15H19BrN2O. The Balaban J connectivity index is 1.46. The zero-order chi connectivity index (χ0) is 13.2. The third-order valence-electron chi connectivity index (χ3n) is 4.04. The number of nitrogens with zero attached hydrogens (tertiary/aromatic N) is 1. The van der Waals surface area contributed by atoms with Crippen LogP contribution in [0, 0.1) is 5.92 Å². The van der Waals surface area contributed by atoms with Gasteiger partial charge in [0.1, 0.15) is 0 Å². The lowest BCUT2D eigenvalue weighted by molar-refractivity contribution is 0.0947. The van der Waals surface area contributed by atoms with E-state index in [0.717, 1.165) is 29.2 Å². The molecule has 1 atom stereocenters. The van der Waals surface area contributed by atoms with E-state index < -0.39 is 0 Å². The predicted molar refractivity (Wildman–Crippen MR) is 79.2 cm³/mol. The number of halogens is 1. The van der Waals surface area contributed by atoms with Crippen LogP contribution in [0.4, 0.5) is 0 Å². The first-order valence-corrected chi connectivity index (χ1v) is 7.79. The summed E-state index contributed by atoms with van der Waals surface area (Å²) < 4.78 is 1.000. The van der Waals surface area contributed by atoms with Crippen LogP contribution >= 0.6 is 15.9 Å². The summed E-state index contributed by atoms with van der Waals surface area (Å²) in [6, 6.07) is 8.36. The number of amides is 1. The van der Waals surface area contributed by atoms with Crippen molar-refractivity contribution >= 4 is 21.8 Å². The van der Waals surface area contributed by atoms with Gasteiger partial charge in [-0.05, 0) is 56.0 Å². The lowest BCUT2D eigenvalue weighted by Gasteiger charge is -2.15. The number of hydrogen-bond acceptors (Lipinski definition) is 2. The molecule has 0 unspecified atom stereocenters. The van der Waals surface area contributed by atoms with Crippen LogP contribution in [0.15, 0.2) is 28.7 Å². The number of rotatable bonds is 4. The Kier molecular flexibility index (Phi) is 3.89. The molecule has 1 aromatic carbocycles. The van der Waals surface area contributed by atoms with Crippen LogP contribution in [0.3, 0.4) is 0 Å². The highest BCUT2D eigenvalue weighted by Gasteiger charge is 2.34. The van der Waals surface area contributed by atoms with Crippen LogP contribution in [-0.4, -0.2) is 36.5 Å². The van der Waals surface area contributed by atoms with Crippen molar-refractivity contribution < 1.29 is 4.79 Å². The van der Waals surface area contributed by atoms with E-state index in [4.69, 9.17) is 0 Å². The van der Waals surface area contributed by atoms with E-state index in [0.29, 0.717) is 5.92 Å². The van der Waals surface area contributed by atoms with Gasteiger partial charge in [0.15, 0.2) is 0 Å². The maximum absolute atomic E-state index is 12.0. The van der Waals surface area contributed by atoms with Crippen LogP contribution in [0.5, 0.6) is 0 Å². The Labute approximate surface area is 122 Å². The molecule has 102 valence electrons. The van der Waals surface area contributed by atoms with Gasteiger partial charge in [-0.2, -0.15) is 0 Å². The smallest absolute Gasteiger partial charge is 0.251 e. The van der Waals surface area contributed by atoms with Gasteiger partial charge in [-0.1, -0.05) is 15.9 Å². The summed E-state index contributed by atoms with van der Waals surface area (Å²) >= 11 is 3.38. The molecular weight excluding hydrogens is 304 g/mol. The van der Waals surface area contributed by atoms with Crippen LogP contribution in [-0.2, 0) is 0 Å². The molecule has 2 fully saturated rings. The third kappa shape index (κ3) is 3.37. The van der Waals surface area contributed by atoms with E-state index >= 15 is 0 Å². The zero-order valence-electron chi connectivity index (χ0n) is 10.9. The van der Waals surface area contributed by atoms with Crippen LogP contribution in [0.1, 0.15) is 29.6 Å². The molecule has 0 radical (unpaired) electrons. The molecule has 0 bridgehead atoms. The number of carbonyl (C=O) groups is 1. The third-order valence-corrected chi connectivity index (χ3v) is 4.57. The van der Waals surface area contributed by atoms with Crippen molar-refractivity contribution in [1.82, 2.24) is 10.2 Å². The zero-order valence-corrected chi connectivity index (χ0v) is 12.5. The molecule has 0 spiro atoms. The van der Waals surface area contributed by atoms with E-state index in [-0.39, 0.29) is 5.91 Å². The minimum absolute atomic E-state index is 0.0392. The topological polar surface area (TPSA) is 32.3 Å². The van der Waals surface area contributed by atoms with Gasteiger partial charge < -0.3 is 10.2 Å². The largest absolute Gasteiger partial charge is 0.352 e. The van der Waals surface area contributed by atoms with Gasteiger partial charge in [0.2, 0.25) is 0 Å². The van der Waals surface area contributed by atoms with Gasteiger partial charge >= 0.3 is 0 Å². The number of carbonyl (C=O) groups excluding carboxylic acids is 1. The van der Waals surface area contributed by atoms with Crippen molar-refractivity contribution in [3.8, 4) is 0 Å². The lowest BCUT2D eigenvalue weighted by Crippen LogP contribution is -2.31. The van der Waals surface area contributed by atoms with Crippen molar-refractivity contribution in [2.24, 2.45) is 5.92 Å². The molecule has 1 saturated heterocycles. The SMILES string of the molecule is O=C(NC[C@H]1CCN(C2CC2)C1)c1ccc(Br)cc1. The summed E-state index contributed by atoms with van der Waals surface area (Å²) in [4.78, 5) is 14.6. The molecule has 1 aromatic rings. The van der Waals surface area contributed by atoms with E-state index in [9.17, 15) is 4.79 Å². The average molecular weight is 323 g/mol. The Morgan fingerprint density at radius 3 is 2.68 bits per heavy atom. The molecule has 2 aliphatic rings. The first kappa shape index (κ1) is 13.1. The molecule has 1 aliphatic carbocycles. The van der Waals surface area contributed by atoms with Crippen LogP contribution in [0.25, 0.3) is 0 Å². The molecule has 3 nitrogen and oxygen atoms in total. The monoisotopic (exact) mass is 322 g/mol. The van der Waals surface area contributed by atoms with Gasteiger partial charge in [-0.25, -0.2) is 0 Å². The summed E-state index contributed by atoms with van der Waals surface area (Å²) in [6.07, 6.45) is 3.97. The number of benzene rings is 1. The fourth-order valence-electron chi connectivity index (χ4n) is 2.74. The first-order chi connectivity index (χ1) is 9.22. The lowest BCUT2D eigenvalue weighted by atomic mass is 10.1. The summed E-state index contributed by atoms with van der Waals surface area (Å²) in [6.45, 7) is 3.17. The first-order valence-electron chi connectivity index (χ1n) is 7.00. The van der Waals surface area contributed by atoms with E-state index in [1.54, 1.807) is 0 Å². The molecule has 1 heterocycles. The quantitative estimate of drug-likeness (QED) is 0.924. The Morgan fingerprint density at radius 2 is 2.00 bits per heavy atom. The highest BCUT2D eigenvalue weighted by molar-refractivity contribution is 9.10. The number of nitrogens with one attached hydrogen (secondary N) is 1. The fraction of sp³-hybridized carbons (Fsp3) is 0.533. The molecule has 1 saturated carbocycles. The maximum atomic E-state index is 12.0. The summed E-state index contributed by atoms with van der Waals surface area (Å²) in [5, 5.41) is 3.06. The molecule has 4 heteroatoms. The second-order valence-electron chi connectivity index (χ2n) is 5.60. The van der Waals surface area contributed by atoms with E-state index in [1.807, 2.05) is 24.3 Å². The van der Waals surface area contributed by atoms with Crippen molar-refractivity contribution in [3.63, 3.8) is 0 Å². The van der Waals surface area contributed by atoms with E-state index in [2.05, 4.69) is 26.1 Å². The molecule has 0 aromatic heterocycles. The second-order valence-corrected chi connectivity index (χ2v) is 6.51. The number of hydrogen-bond donors (Lipinski definition) is 1. The minimum atomic E-state index is 0.0392. The molecule has 1 N–H and O–H groups in total. The average Bonchev–Trinajstić information content (AvgIpc) is 3.16. The van der Waals surface area contributed by atoms with Crippen molar-refractivity contribution in [1.29, 1.82) is 0 Å². The second kappa shape index (κ2) is 5.63.